The number of fused-ring (bicyclic) bond motifs is 1. The van der Waals surface area contributed by atoms with Gasteiger partial charge in [0, 0.05) is 23.6 Å². The molecular formula is C24H17NO3. The summed E-state index contributed by atoms with van der Waals surface area (Å²) in [5.41, 5.74) is 2.77. The third-order valence-electron chi connectivity index (χ3n) is 4.72. The third kappa shape index (κ3) is 2.85. The van der Waals surface area contributed by atoms with Crippen molar-refractivity contribution in [1.29, 1.82) is 0 Å². The van der Waals surface area contributed by atoms with Crippen molar-refractivity contribution in [2.45, 2.75) is 6.92 Å². The molecule has 0 bridgehead atoms. The normalized spacial score (nSPS) is 14.6. The highest BCUT2D eigenvalue weighted by Crippen LogP contribution is 2.41. The van der Waals surface area contributed by atoms with Gasteiger partial charge in [0.05, 0.1) is 11.3 Å². The lowest BCUT2D eigenvalue weighted by Crippen LogP contribution is -2.31. The van der Waals surface area contributed by atoms with Gasteiger partial charge in [-0.15, -0.1) is 0 Å². The molecule has 136 valence electrons. The first-order valence-corrected chi connectivity index (χ1v) is 8.93. The average molecular weight is 367 g/mol. The first kappa shape index (κ1) is 17.6. The summed E-state index contributed by atoms with van der Waals surface area (Å²) >= 11 is 0. The molecular weight excluding hydrogens is 350 g/mol. The predicted octanol–water partition coefficient (Wildman–Crippen LogP) is 4.37. The van der Waals surface area contributed by atoms with Gasteiger partial charge in [-0.3, -0.25) is 14.4 Å². The number of anilines is 1. The van der Waals surface area contributed by atoms with Crippen LogP contribution in [0.3, 0.4) is 0 Å². The molecule has 4 nitrogen and oxygen atoms in total. The van der Waals surface area contributed by atoms with E-state index in [-0.39, 0.29) is 17.3 Å². The lowest BCUT2D eigenvalue weighted by atomic mass is 9.89. The minimum Gasteiger partial charge on any atom is -0.289 e. The molecule has 0 saturated heterocycles. The molecule has 4 rings (SSSR count). The topological polar surface area (TPSA) is 54.5 Å². The van der Waals surface area contributed by atoms with E-state index in [0.717, 1.165) is 4.90 Å². The Morgan fingerprint density at radius 2 is 1.25 bits per heavy atom. The standard InChI is InChI=1S/C24H17NO3/c1-16(26)25-20-15-9-8-14-19(20)22(24(25)28)21(17-10-4-2-5-11-17)23(27)18-12-6-3-7-13-18/h2-15H,1H3/b22-21-. The monoisotopic (exact) mass is 367 g/mol. The van der Waals surface area contributed by atoms with Gasteiger partial charge in [-0.1, -0.05) is 78.9 Å². The molecule has 0 spiro atoms. The number of amides is 2. The van der Waals surface area contributed by atoms with Crippen LogP contribution in [-0.4, -0.2) is 17.6 Å². The van der Waals surface area contributed by atoms with E-state index in [1.54, 1.807) is 60.7 Å². The van der Waals surface area contributed by atoms with Crippen LogP contribution in [0.25, 0.3) is 11.1 Å². The number of para-hydroxylation sites is 1. The Hall–Kier alpha value is -3.79. The number of hydrogen-bond donors (Lipinski definition) is 0. The summed E-state index contributed by atoms with van der Waals surface area (Å²) < 4.78 is 0. The van der Waals surface area contributed by atoms with Gasteiger partial charge < -0.3 is 0 Å². The maximum absolute atomic E-state index is 13.5. The molecule has 0 atom stereocenters. The number of allylic oxidation sites excluding steroid dienone is 1. The molecule has 0 N–H and O–H groups in total. The van der Waals surface area contributed by atoms with Gasteiger partial charge in [0.15, 0.2) is 5.78 Å². The third-order valence-corrected chi connectivity index (χ3v) is 4.72. The molecule has 3 aromatic rings. The zero-order valence-corrected chi connectivity index (χ0v) is 15.3. The van der Waals surface area contributed by atoms with Crippen LogP contribution in [0.2, 0.25) is 0 Å². The fraction of sp³-hybridized carbons (Fsp3) is 0.0417. The summed E-state index contributed by atoms with van der Waals surface area (Å²) in [6, 6.07) is 25.0. The van der Waals surface area contributed by atoms with Crippen molar-refractivity contribution in [2.24, 2.45) is 0 Å². The molecule has 0 aromatic heterocycles. The average Bonchev–Trinajstić information content (AvgIpc) is 3.02. The number of carbonyl (C=O) groups excluding carboxylic acids is 3. The summed E-state index contributed by atoms with van der Waals surface area (Å²) in [5.74, 6) is -1.11. The molecule has 28 heavy (non-hydrogen) atoms. The first-order chi connectivity index (χ1) is 13.6. The Morgan fingerprint density at radius 3 is 1.86 bits per heavy atom. The van der Waals surface area contributed by atoms with E-state index < -0.39 is 5.91 Å². The fourth-order valence-electron chi connectivity index (χ4n) is 3.50. The Balaban J connectivity index is 2.04. The number of Topliss-reactive ketones (excluding diaryl/α,β-unsaturated/α-hetero) is 1. The summed E-state index contributed by atoms with van der Waals surface area (Å²) in [4.78, 5) is 40.0. The minimum atomic E-state index is -0.475. The number of nitrogens with zero attached hydrogens (tertiary/aromatic N) is 1. The van der Waals surface area contributed by atoms with Gasteiger partial charge in [0.25, 0.3) is 5.91 Å². The summed E-state index contributed by atoms with van der Waals surface area (Å²) in [5, 5.41) is 0. The van der Waals surface area contributed by atoms with Crippen molar-refractivity contribution in [3.8, 4) is 0 Å². The van der Waals surface area contributed by atoms with Gasteiger partial charge in [-0.05, 0) is 11.6 Å². The molecule has 2 amide bonds. The zero-order chi connectivity index (χ0) is 19.7. The van der Waals surface area contributed by atoms with Crippen LogP contribution in [0, 0.1) is 0 Å². The van der Waals surface area contributed by atoms with Crippen LogP contribution in [0.5, 0.6) is 0 Å². The smallest absolute Gasteiger partial charge is 0.266 e. The Kier molecular flexibility index (Phi) is 4.45. The largest absolute Gasteiger partial charge is 0.289 e. The summed E-state index contributed by atoms with van der Waals surface area (Å²) in [7, 11) is 0. The predicted molar refractivity (Wildman–Crippen MR) is 109 cm³/mol. The van der Waals surface area contributed by atoms with Crippen LogP contribution in [-0.2, 0) is 9.59 Å². The van der Waals surface area contributed by atoms with Crippen LogP contribution in [0.1, 0.15) is 28.4 Å². The number of benzene rings is 3. The van der Waals surface area contributed by atoms with Gasteiger partial charge in [-0.2, -0.15) is 0 Å². The maximum atomic E-state index is 13.5. The molecule has 0 fully saturated rings. The lowest BCUT2D eigenvalue weighted by Gasteiger charge is -2.13. The van der Waals surface area contributed by atoms with Gasteiger partial charge >= 0.3 is 0 Å². The minimum absolute atomic E-state index is 0.254. The van der Waals surface area contributed by atoms with Crippen molar-refractivity contribution in [3.05, 3.63) is 102 Å². The quantitative estimate of drug-likeness (QED) is 0.510. The van der Waals surface area contributed by atoms with E-state index in [1.165, 1.54) is 6.92 Å². The van der Waals surface area contributed by atoms with E-state index in [0.29, 0.717) is 28.0 Å². The van der Waals surface area contributed by atoms with Crippen LogP contribution < -0.4 is 4.90 Å². The van der Waals surface area contributed by atoms with E-state index >= 15 is 0 Å². The SMILES string of the molecule is CC(=O)N1C(=O)/C(=C(\C(=O)c2ccccc2)c2ccccc2)c2ccccc21. The van der Waals surface area contributed by atoms with Crippen LogP contribution in [0.4, 0.5) is 5.69 Å². The maximum Gasteiger partial charge on any atom is 0.266 e. The molecule has 0 unspecified atom stereocenters. The van der Waals surface area contributed by atoms with Gasteiger partial charge in [0.2, 0.25) is 5.91 Å². The van der Waals surface area contributed by atoms with E-state index in [2.05, 4.69) is 0 Å². The van der Waals surface area contributed by atoms with Crippen molar-refractivity contribution in [3.63, 3.8) is 0 Å². The van der Waals surface area contributed by atoms with Gasteiger partial charge in [0.1, 0.15) is 0 Å². The van der Waals surface area contributed by atoms with Crippen molar-refractivity contribution >= 4 is 34.4 Å². The molecule has 0 radical (unpaired) electrons. The number of carbonyl (C=O) groups is 3. The van der Waals surface area contributed by atoms with Crippen LogP contribution in [0.15, 0.2) is 84.9 Å². The second kappa shape index (κ2) is 7.08. The van der Waals surface area contributed by atoms with Crippen molar-refractivity contribution in [2.75, 3.05) is 4.90 Å². The number of ketones is 1. The van der Waals surface area contributed by atoms with Gasteiger partial charge in [-0.25, -0.2) is 4.90 Å². The van der Waals surface area contributed by atoms with E-state index in [1.807, 2.05) is 24.3 Å². The molecule has 0 aliphatic carbocycles. The van der Waals surface area contributed by atoms with Crippen molar-refractivity contribution in [1.82, 2.24) is 0 Å². The molecule has 1 aliphatic heterocycles. The number of imide groups is 1. The van der Waals surface area contributed by atoms with E-state index in [4.69, 9.17) is 0 Å². The Bertz CT molecular complexity index is 1110. The Morgan fingerprint density at radius 1 is 0.714 bits per heavy atom. The molecule has 1 heterocycles. The molecule has 0 saturated carbocycles. The summed E-state index contributed by atoms with van der Waals surface area (Å²) in [6.45, 7) is 1.35. The molecule has 1 aliphatic rings. The second-order valence-corrected chi connectivity index (χ2v) is 6.49. The number of hydrogen-bond acceptors (Lipinski definition) is 3. The highest BCUT2D eigenvalue weighted by molar-refractivity contribution is 6.51. The Labute approximate surface area is 162 Å². The van der Waals surface area contributed by atoms with E-state index in [9.17, 15) is 14.4 Å². The molecule has 3 aromatic carbocycles. The van der Waals surface area contributed by atoms with Crippen molar-refractivity contribution < 1.29 is 14.4 Å². The second-order valence-electron chi connectivity index (χ2n) is 6.49. The highest BCUT2D eigenvalue weighted by Gasteiger charge is 2.38. The fourth-order valence-corrected chi connectivity index (χ4v) is 3.50. The zero-order valence-electron chi connectivity index (χ0n) is 15.3. The lowest BCUT2D eigenvalue weighted by molar-refractivity contribution is -0.122. The number of rotatable bonds is 3. The first-order valence-electron chi connectivity index (χ1n) is 8.93. The summed E-state index contributed by atoms with van der Waals surface area (Å²) in [6.07, 6.45) is 0. The van der Waals surface area contributed by atoms with Crippen LogP contribution >= 0.6 is 0 Å². The molecule has 4 heteroatoms. The highest BCUT2D eigenvalue weighted by atomic mass is 16.2.